The third-order valence-electron chi connectivity index (χ3n) is 36.8. The van der Waals surface area contributed by atoms with Crippen LogP contribution in [-0.2, 0) is 129 Å². The second-order valence-corrected chi connectivity index (χ2v) is 43.4. The van der Waals surface area contributed by atoms with E-state index in [1.54, 1.807) is 30.4 Å². The van der Waals surface area contributed by atoms with Crippen molar-refractivity contribution in [2.45, 2.75) is 284 Å². The first-order valence-electron chi connectivity index (χ1n) is 45.7. The summed E-state index contributed by atoms with van der Waals surface area (Å²) >= 11 is 0. The van der Waals surface area contributed by atoms with Crippen molar-refractivity contribution in [3.05, 3.63) is 116 Å². The van der Waals surface area contributed by atoms with Crippen molar-refractivity contribution in [1.82, 2.24) is 0 Å². The summed E-state index contributed by atoms with van der Waals surface area (Å²) in [5, 5.41) is 30.0. The van der Waals surface area contributed by atoms with Crippen LogP contribution >= 0.6 is 0 Å². The molecule has 0 aromatic heterocycles. The summed E-state index contributed by atoms with van der Waals surface area (Å²) in [4.78, 5) is 145. The van der Waals surface area contributed by atoms with E-state index in [1.165, 1.54) is 26.4 Å². The fraction of sp³-hybridized carbons (Fsp3) is 0.673. The van der Waals surface area contributed by atoms with Crippen LogP contribution in [0, 0.1) is 100 Å². The molecular weight excluding hydrogens is 1660 g/mol. The van der Waals surface area contributed by atoms with Gasteiger partial charge in [-0.2, -0.15) is 0 Å². The number of allylic oxidation sites excluding steroid dienone is 1. The highest BCUT2D eigenvalue weighted by molar-refractivity contribution is 5.92. The average Bonchev–Trinajstić information content (AvgIpc) is 1.46. The highest BCUT2D eigenvalue weighted by atomic mass is 16.8. The van der Waals surface area contributed by atoms with Crippen LogP contribution < -0.4 is 0 Å². The normalized spacial score (nSPS) is 49.1. The molecule has 0 bridgehead atoms. The Bertz CT molecular complexity index is 5370. The quantitative estimate of drug-likeness (QED) is 0.134. The van der Waals surface area contributed by atoms with E-state index in [4.69, 9.17) is 71.1 Å². The highest BCUT2D eigenvalue weighted by Gasteiger charge is 2.85. The van der Waals surface area contributed by atoms with Crippen molar-refractivity contribution in [3.8, 4) is 0 Å². The fourth-order valence-corrected chi connectivity index (χ4v) is 31.1. The molecule has 0 amide bonds. The van der Waals surface area contributed by atoms with Gasteiger partial charge in [-0.25, -0.2) is 28.8 Å². The summed E-state index contributed by atoms with van der Waals surface area (Å²) < 4.78 is 81.6. The largest absolute Gasteiger partial charge is 0.481 e. The Hall–Kier alpha value is -9.20. The SMILES string of the molecule is CC12CCC[C@]3(C)C4=CC(=O)OC(O)C45OC5[C@@H](OC1=O)C23.CC12CCC[C@]3(C)C4=CC(=O)OC(O)C4=C[C@@H](OC1=O)[C@@H]23.CC12CCC[C@]3(C)C4=CC(=O)OCC4=C[C@@H](OC1=O)[C@@H]23.CO[C@H]1OC(=O)C=C2C13OC3[C@H]1OC(=O)C3(C)CCC[C@@]2(C)[C@@H]13.CO[C@H]1OC(=O)C=C2C1=C[C@H]1OC(=O)C3(C)CCC[C@@]2(C)[C@@H]13.C[C@]1(C(=O)O)CCC[C@]2(C)C3=CC(=O)OCC3=CC[C@@H]12. The number of ether oxygens (including phenoxy) is 15. The van der Waals surface area contributed by atoms with E-state index in [9.17, 15) is 72.9 Å². The van der Waals surface area contributed by atoms with Gasteiger partial charge < -0.3 is 86.4 Å². The second-order valence-electron chi connectivity index (χ2n) is 43.4. The zero-order valence-corrected chi connectivity index (χ0v) is 74.8. The number of aliphatic hydroxyl groups excluding tert-OH is 2. The van der Waals surface area contributed by atoms with Gasteiger partial charge in [-0.3, -0.25) is 28.8 Å². The zero-order valence-electron chi connectivity index (χ0n) is 74.8. The van der Waals surface area contributed by atoms with Crippen molar-refractivity contribution >= 4 is 71.6 Å². The molecule has 3 N–H and O–H groups in total. The fourth-order valence-electron chi connectivity index (χ4n) is 31.1. The molecule has 12 unspecified atom stereocenters. The molecule has 0 aromatic rings. The molecule has 30 heteroatoms. The first-order chi connectivity index (χ1) is 60.3. The van der Waals surface area contributed by atoms with Crippen molar-refractivity contribution in [2.75, 3.05) is 27.4 Å². The number of cyclic esters (lactones) is 6. The van der Waals surface area contributed by atoms with Gasteiger partial charge in [-0.1, -0.05) is 86.1 Å². The third-order valence-corrected chi connectivity index (χ3v) is 36.8. The smallest absolute Gasteiger partial charge is 0.333 e. The van der Waals surface area contributed by atoms with Crippen LogP contribution in [0.15, 0.2) is 116 Å². The third kappa shape index (κ3) is 11.6. The average molecular weight is 1770 g/mol. The molecule has 7 saturated heterocycles. The molecule has 0 radical (unpaired) electrons. The van der Waals surface area contributed by atoms with E-state index in [0.29, 0.717) is 25.2 Å². The lowest BCUT2D eigenvalue weighted by Crippen LogP contribution is -2.60. The van der Waals surface area contributed by atoms with E-state index in [-0.39, 0.29) is 147 Å². The van der Waals surface area contributed by atoms with Gasteiger partial charge in [0.25, 0.3) is 0 Å². The number of aliphatic hydroxyl groups is 2. The molecule has 128 heavy (non-hydrogen) atoms. The van der Waals surface area contributed by atoms with Crippen LogP contribution in [0.4, 0.5) is 0 Å². The summed E-state index contributed by atoms with van der Waals surface area (Å²) in [5.74, 6) is -3.54. The zero-order chi connectivity index (χ0) is 91.0. The molecule has 30 nitrogen and oxygen atoms in total. The van der Waals surface area contributed by atoms with Gasteiger partial charge >= 0.3 is 71.6 Å². The number of carboxylic acid groups (broad SMARTS) is 1. The molecule has 25 aliphatic rings. The van der Waals surface area contributed by atoms with Gasteiger partial charge in [0, 0.05) is 108 Å². The molecule has 0 aromatic carbocycles. The minimum absolute atomic E-state index is 0.0133. The van der Waals surface area contributed by atoms with Crippen molar-refractivity contribution in [1.29, 1.82) is 0 Å². The van der Waals surface area contributed by atoms with Gasteiger partial charge in [-0.15, -0.1) is 0 Å². The van der Waals surface area contributed by atoms with Gasteiger partial charge in [-0.05, 0) is 210 Å². The number of carboxylic acids is 1. The van der Waals surface area contributed by atoms with Crippen LogP contribution in [0.2, 0.25) is 0 Å². The van der Waals surface area contributed by atoms with Crippen molar-refractivity contribution in [2.24, 2.45) is 100 Å². The van der Waals surface area contributed by atoms with E-state index < -0.39 is 104 Å². The number of methoxy groups -OCH3 is 2. The molecule has 12 aliphatic carbocycles. The molecule has 13 heterocycles. The number of rotatable bonds is 3. The van der Waals surface area contributed by atoms with Gasteiger partial charge in [0.15, 0.2) is 11.2 Å². The number of hydrogen-bond acceptors (Lipinski definition) is 29. The first-order valence-corrected chi connectivity index (χ1v) is 45.7. The molecule has 686 valence electrons. The van der Waals surface area contributed by atoms with Crippen LogP contribution in [0.3, 0.4) is 0 Å². The van der Waals surface area contributed by atoms with Crippen LogP contribution in [0.5, 0.6) is 0 Å². The Morgan fingerprint density at radius 1 is 0.367 bits per heavy atom. The number of esters is 11. The molecule has 15 fully saturated rings. The Kier molecular flexibility index (Phi) is 19.3. The van der Waals surface area contributed by atoms with Crippen molar-refractivity contribution in [3.63, 3.8) is 0 Å². The number of epoxide rings is 2. The molecule has 8 saturated carbocycles. The molecule has 13 aliphatic heterocycles. The number of carbonyl (C=O) groups excluding carboxylic acids is 11. The maximum Gasteiger partial charge on any atom is 0.333 e. The lowest BCUT2D eigenvalue weighted by Gasteiger charge is -2.54. The van der Waals surface area contributed by atoms with Gasteiger partial charge in [0.2, 0.25) is 25.2 Å². The summed E-state index contributed by atoms with van der Waals surface area (Å²) in [6, 6.07) is 0. The highest BCUT2D eigenvalue weighted by Crippen LogP contribution is 2.76. The Morgan fingerprint density at radius 2 is 0.742 bits per heavy atom. The monoisotopic (exact) mass is 1770 g/mol. The van der Waals surface area contributed by atoms with Crippen LogP contribution in [0.1, 0.15) is 205 Å². The number of carbonyl (C=O) groups is 12. The Balaban J connectivity index is 0.0000000965. The maximum atomic E-state index is 12.6. The summed E-state index contributed by atoms with van der Waals surface area (Å²) in [6.45, 7) is 25.2. The topological polar surface area (TPSA) is 411 Å². The molecular formula is C98H114O30. The number of fused-ring (bicyclic) bond motifs is 13. The summed E-state index contributed by atoms with van der Waals surface area (Å²) in [7, 11) is 3.02. The van der Waals surface area contributed by atoms with Crippen LogP contribution in [0.25, 0.3) is 0 Å². The predicted molar refractivity (Wildman–Crippen MR) is 439 cm³/mol. The van der Waals surface area contributed by atoms with Gasteiger partial charge in [0.1, 0.15) is 55.9 Å². The standard InChI is InChI=1S/C17H20O6.C17H20O5.C16H18O6.C16H18O5.C16H18O4.C16H20O4/c1-15-5-4-6-16(2)11(15)10(22-13(16)19)12-17(23-12)8(15)7-9(18)21-14(17)20-3;1-16-5-4-6-17(2)13(16)11(21-15(17)19)7-9-10(16)8-12(18)22-14(9)20-3;1-14-4-3-5-15(2)10(14)9(21-12(15)18)11-16(22-11)7(14)6-8(17)20-13(16)19;1-15-4-3-5-16(2)12(15)10(20-14(16)19)6-8-9(15)7-11(17)21-13(8)18;1-15-4-3-5-16(2)13(15)11(20-14(16)18)6-9-8-19-12(17)7-10(9)15;1-15-6-3-7-16(2,14(18)19)12(15)5-4-10-9-20-13(17)8-11(10)15/h7,10-12,14H,4-6H2,1-3H3;7-8,11,13-14H,4-6H2,1-3H3;6,9-11,13,19H,3-5H2,1-2H3;6-7,10,12-13,18H,3-5H2,1-2H3;6-7,11,13H,3-5,8H2,1-2H3;4,8,12H,3,5-7,9H2,1-2H3,(H,18,19)/t10-,11+,12?,14-,15+,16?,17?;11-,13-,14+,16-,17?;9-,10?,11?,13?,14+,15?,16?;10-,12-,13?,15-,16?;11-,13-,15-,16?;12-,15-,16+/m010111/s1. The minimum Gasteiger partial charge on any atom is -0.481 e. The van der Waals surface area contributed by atoms with Crippen molar-refractivity contribution < 1.29 is 144 Å². The number of aliphatic carboxylic acids is 1. The lowest BCUT2D eigenvalue weighted by molar-refractivity contribution is -0.187. The minimum atomic E-state index is -1.32. The van der Waals surface area contributed by atoms with E-state index >= 15 is 0 Å². The predicted octanol–water partition coefficient (Wildman–Crippen LogP) is 10.4. The molecule has 31 atom stereocenters. The van der Waals surface area contributed by atoms with E-state index in [2.05, 4.69) is 47.6 Å². The first kappa shape index (κ1) is 86.8. The van der Waals surface area contributed by atoms with Crippen LogP contribution in [-0.4, -0.2) is 193 Å². The van der Waals surface area contributed by atoms with Gasteiger partial charge in [0.05, 0.1) is 32.5 Å². The second kappa shape index (κ2) is 28.4. The van der Waals surface area contributed by atoms with E-state index in [1.807, 2.05) is 53.7 Å². The summed E-state index contributed by atoms with van der Waals surface area (Å²) in [6.07, 6.45) is 27.5. The summed E-state index contributed by atoms with van der Waals surface area (Å²) in [5.41, 5.74) is 2.48. The molecule has 25 rings (SSSR count). The number of hydrogen-bond donors (Lipinski definition) is 3. The Labute approximate surface area is 740 Å². The lowest BCUT2D eigenvalue weighted by atomic mass is 9.48. The van der Waals surface area contributed by atoms with E-state index in [0.717, 1.165) is 166 Å². The maximum absolute atomic E-state index is 12.6. The Morgan fingerprint density at radius 3 is 1.24 bits per heavy atom. The molecule has 2 spiro atoms.